The highest BCUT2D eigenvalue weighted by Gasteiger charge is 2.12. The Labute approximate surface area is 85.1 Å². The molecule has 0 heterocycles. The van der Waals surface area contributed by atoms with E-state index in [4.69, 9.17) is 9.90 Å². The molecular weight excluding hydrogens is 184 g/mol. The molecule has 0 aliphatic carbocycles. The van der Waals surface area contributed by atoms with Crippen LogP contribution in [0.3, 0.4) is 0 Å². The van der Waals surface area contributed by atoms with E-state index in [1.54, 1.807) is 0 Å². The summed E-state index contributed by atoms with van der Waals surface area (Å²) in [6, 6.07) is 0. The highest BCUT2D eigenvalue weighted by molar-refractivity contribution is 7.96. The van der Waals surface area contributed by atoms with E-state index in [2.05, 4.69) is 20.8 Å². The average Bonchev–Trinajstić information content (AvgIpc) is 2.07. The van der Waals surface area contributed by atoms with Crippen molar-refractivity contribution in [3.8, 4) is 0 Å². The zero-order chi connectivity index (χ0) is 10.5. The topological polar surface area (TPSA) is 37.3 Å². The molecule has 0 amide bonds. The second-order valence-electron chi connectivity index (χ2n) is 2.82. The van der Waals surface area contributed by atoms with Crippen molar-refractivity contribution in [1.82, 2.24) is 0 Å². The molecule has 0 aromatic heterocycles. The van der Waals surface area contributed by atoms with E-state index >= 15 is 0 Å². The molecule has 3 heteroatoms. The maximum absolute atomic E-state index is 8.24. The first-order valence-electron chi connectivity index (χ1n) is 4.92. The molecule has 0 radical (unpaired) electrons. The van der Waals surface area contributed by atoms with Crippen LogP contribution < -0.4 is 0 Å². The summed E-state index contributed by atoms with van der Waals surface area (Å²) in [4.78, 5) is 8.24. The Balaban J connectivity index is 0. The molecule has 0 aromatic rings. The molecule has 0 bridgehead atoms. The lowest BCUT2D eigenvalue weighted by atomic mass is 10.6. The molecule has 0 rings (SSSR count). The second kappa shape index (κ2) is 14.3. The largest absolute Gasteiger partial charge is 0.665 e. The Hall–Kier alpha value is -0.180. The van der Waals surface area contributed by atoms with Crippen molar-refractivity contribution in [2.24, 2.45) is 0 Å². The van der Waals surface area contributed by atoms with E-state index in [0.29, 0.717) is 6.47 Å². The Morgan fingerprint density at radius 1 is 1.00 bits per heavy atom. The Morgan fingerprint density at radius 3 is 1.38 bits per heavy atom. The molecule has 80 valence electrons. The number of aliphatic hydroxyl groups excluding tert-OH is 1. The lowest BCUT2D eigenvalue weighted by molar-refractivity contribution is 0.437. The predicted molar refractivity (Wildman–Crippen MR) is 61.2 cm³/mol. The van der Waals surface area contributed by atoms with Crippen LogP contribution in [0.1, 0.15) is 40.0 Å². The SMILES string of the molecule is CCC[S+](CCC)CCC.O=[C-]O. The fourth-order valence-electron chi connectivity index (χ4n) is 1.17. The van der Waals surface area contributed by atoms with Crippen molar-refractivity contribution in [2.75, 3.05) is 17.3 Å². The van der Waals surface area contributed by atoms with Gasteiger partial charge in [0.1, 0.15) is 17.3 Å². The van der Waals surface area contributed by atoms with Gasteiger partial charge in [0, 0.05) is 0 Å². The number of hydrogen-bond acceptors (Lipinski definition) is 1. The van der Waals surface area contributed by atoms with E-state index in [1.807, 2.05) is 0 Å². The van der Waals surface area contributed by atoms with Crippen LogP contribution in [0.5, 0.6) is 0 Å². The summed E-state index contributed by atoms with van der Waals surface area (Å²) in [6.07, 6.45) is 4.13. The Bertz CT molecular complexity index is 82.7. The maximum atomic E-state index is 8.24. The monoisotopic (exact) mass is 206 g/mol. The summed E-state index contributed by atoms with van der Waals surface area (Å²) in [6.45, 7) is 7.39. The highest BCUT2D eigenvalue weighted by atomic mass is 32.2. The fourth-order valence-corrected chi connectivity index (χ4v) is 3.52. The molecule has 2 nitrogen and oxygen atoms in total. The van der Waals surface area contributed by atoms with Crippen molar-refractivity contribution in [2.45, 2.75) is 40.0 Å². The van der Waals surface area contributed by atoms with E-state index in [-0.39, 0.29) is 0 Å². The van der Waals surface area contributed by atoms with Crippen LogP contribution in [0.25, 0.3) is 0 Å². The summed E-state index contributed by atoms with van der Waals surface area (Å²) in [7, 11) is 0.775. The number of hydrogen-bond donors (Lipinski definition) is 1. The summed E-state index contributed by atoms with van der Waals surface area (Å²) < 4.78 is 0. The Kier molecular flexibility index (Phi) is 16.9. The molecule has 0 aliphatic rings. The second-order valence-corrected chi connectivity index (χ2v) is 5.27. The summed E-state index contributed by atoms with van der Waals surface area (Å²) in [5, 5.41) is 6.76. The van der Waals surface area contributed by atoms with Crippen LogP contribution in [-0.2, 0) is 15.7 Å². The van der Waals surface area contributed by atoms with Gasteiger partial charge in [0.15, 0.2) is 0 Å². The molecular formula is C10H22O2S. The van der Waals surface area contributed by atoms with Gasteiger partial charge in [0.25, 0.3) is 0 Å². The van der Waals surface area contributed by atoms with Crippen molar-refractivity contribution < 1.29 is 9.90 Å². The third-order valence-electron chi connectivity index (χ3n) is 1.48. The van der Waals surface area contributed by atoms with Crippen molar-refractivity contribution in [3.05, 3.63) is 0 Å². The molecule has 13 heavy (non-hydrogen) atoms. The zero-order valence-electron chi connectivity index (χ0n) is 9.01. The molecule has 0 atom stereocenters. The highest BCUT2D eigenvalue weighted by Crippen LogP contribution is 2.03. The van der Waals surface area contributed by atoms with Crippen LogP contribution in [0, 0.1) is 0 Å². The lowest BCUT2D eigenvalue weighted by Crippen LogP contribution is -2.14. The molecule has 0 saturated heterocycles. The molecule has 0 aliphatic heterocycles. The van der Waals surface area contributed by atoms with E-state index in [0.717, 1.165) is 10.9 Å². The van der Waals surface area contributed by atoms with E-state index < -0.39 is 0 Å². The van der Waals surface area contributed by atoms with Gasteiger partial charge in [-0.1, -0.05) is 27.2 Å². The van der Waals surface area contributed by atoms with Crippen LogP contribution in [0.4, 0.5) is 0 Å². The van der Waals surface area contributed by atoms with Gasteiger partial charge in [-0.2, -0.15) is 0 Å². The number of rotatable bonds is 6. The first-order valence-corrected chi connectivity index (χ1v) is 6.65. The normalized spacial score (nSPS) is 9.23. The maximum Gasteiger partial charge on any atom is 0.107 e. The molecule has 0 saturated carbocycles. The fraction of sp³-hybridized carbons (Fsp3) is 0.900. The average molecular weight is 206 g/mol. The van der Waals surface area contributed by atoms with Crippen LogP contribution in [-0.4, -0.2) is 28.8 Å². The van der Waals surface area contributed by atoms with Gasteiger partial charge in [-0.05, 0) is 30.2 Å². The predicted octanol–water partition coefficient (Wildman–Crippen LogP) is 2.45. The smallest absolute Gasteiger partial charge is 0.107 e. The van der Waals surface area contributed by atoms with Crippen LogP contribution in [0.2, 0.25) is 0 Å². The first-order chi connectivity index (χ1) is 6.26. The standard InChI is InChI=1S/C9H21S.CHO2/c1-4-7-10(8-5-2)9-6-3;2-1-3/h4-9H2,1-3H3;(H,2,3)/q+1;-1. The zero-order valence-corrected chi connectivity index (χ0v) is 9.82. The lowest BCUT2D eigenvalue weighted by Gasteiger charge is -2.03. The minimum atomic E-state index is 0.500. The van der Waals surface area contributed by atoms with Gasteiger partial charge >= 0.3 is 0 Å². The van der Waals surface area contributed by atoms with E-state index in [9.17, 15) is 0 Å². The van der Waals surface area contributed by atoms with Gasteiger partial charge in [0.05, 0.1) is 0 Å². The Morgan fingerprint density at radius 2 is 1.23 bits per heavy atom. The van der Waals surface area contributed by atoms with Crippen LogP contribution >= 0.6 is 0 Å². The first kappa shape index (κ1) is 15.3. The van der Waals surface area contributed by atoms with Crippen molar-refractivity contribution >= 4 is 17.4 Å². The summed E-state index contributed by atoms with van der Waals surface area (Å²) >= 11 is 0. The van der Waals surface area contributed by atoms with E-state index in [1.165, 1.54) is 36.5 Å². The summed E-state index contributed by atoms with van der Waals surface area (Å²) in [5.41, 5.74) is 0. The third kappa shape index (κ3) is 14.7. The summed E-state index contributed by atoms with van der Waals surface area (Å²) in [5.74, 6) is 4.42. The van der Waals surface area contributed by atoms with Gasteiger partial charge < -0.3 is 9.90 Å². The van der Waals surface area contributed by atoms with Gasteiger partial charge in [-0.15, -0.1) is 0 Å². The third-order valence-corrected chi connectivity index (χ3v) is 4.44. The minimum Gasteiger partial charge on any atom is -0.665 e. The van der Waals surface area contributed by atoms with Crippen molar-refractivity contribution in [1.29, 1.82) is 0 Å². The van der Waals surface area contributed by atoms with Crippen molar-refractivity contribution in [3.63, 3.8) is 0 Å². The van der Waals surface area contributed by atoms with Gasteiger partial charge in [0.2, 0.25) is 0 Å². The molecule has 1 N–H and O–H groups in total. The molecule has 0 aromatic carbocycles. The molecule has 0 fully saturated rings. The van der Waals surface area contributed by atoms with Gasteiger partial charge in [-0.25, -0.2) is 0 Å². The molecule has 0 spiro atoms. The quantitative estimate of drug-likeness (QED) is 0.535. The minimum absolute atomic E-state index is 0.500. The van der Waals surface area contributed by atoms with Crippen LogP contribution in [0.15, 0.2) is 0 Å². The van der Waals surface area contributed by atoms with Gasteiger partial charge in [-0.3, -0.25) is 0 Å². The molecule has 0 unspecified atom stereocenters.